The molecular formula is C17H13N5O. The van der Waals surface area contributed by atoms with Gasteiger partial charge < -0.3 is 5.32 Å². The fourth-order valence-electron chi connectivity index (χ4n) is 2.58. The number of nitrogens with one attached hydrogen (secondary N) is 1. The van der Waals surface area contributed by atoms with E-state index in [4.69, 9.17) is 0 Å². The number of para-hydroxylation sites is 1. The highest BCUT2D eigenvalue weighted by Gasteiger charge is 2.28. The molecule has 1 aliphatic rings. The van der Waals surface area contributed by atoms with E-state index in [9.17, 15) is 4.79 Å². The van der Waals surface area contributed by atoms with Gasteiger partial charge in [0.2, 0.25) is 5.91 Å². The summed E-state index contributed by atoms with van der Waals surface area (Å²) in [6, 6.07) is 15.2. The number of aromatic nitrogens is 3. The molecule has 1 atom stereocenters. The molecular weight excluding hydrogens is 290 g/mol. The summed E-state index contributed by atoms with van der Waals surface area (Å²) in [4.78, 5) is 20.4. The van der Waals surface area contributed by atoms with Crippen LogP contribution in [-0.4, -0.2) is 26.9 Å². The van der Waals surface area contributed by atoms with Crippen molar-refractivity contribution in [3.63, 3.8) is 0 Å². The molecule has 6 nitrogen and oxygen atoms in total. The maximum absolute atomic E-state index is 12.0. The molecule has 23 heavy (non-hydrogen) atoms. The second-order valence-electron chi connectivity index (χ2n) is 5.19. The van der Waals surface area contributed by atoms with Crippen LogP contribution in [0.15, 0.2) is 66.2 Å². The van der Waals surface area contributed by atoms with Gasteiger partial charge in [-0.2, -0.15) is 5.10 Å². The van der Waals surface area contributed by atoms with Crippen LogP contribution in [0.5, 0.6) is 0 Å². The van der Waals surface area contributed by atoms with Crippen LogP contribution >= 0.6 is 0 Å². The molecule has 1 N–H and O–H groups in total. The van der Waals surface area contributed by atoms with Crippen LogP contribution in [0.2, 0.25) is 0 Å². The lowest BCUT2D eigenvalue weighted by Gasteiger charge is -2.03. The maximum atomic E-state index is 12.0. The molecule has 0 bridgehead atoms. The van der Waals surface area contributed by atoms with E-state index in [0.717, 1.165) is 22.6 Å². The first-order chi connectivity index (χ1) is 11.3. The zero-order valence-corrected chi connectivity index (χ0v) is 12.1. The summed E-state index contributed by atoms with van der Waals surface area (Å²) in [6.07, 6.45) is 4.81. The second kappa shape index (κ2) is 5.49. The van der Waals surface area contributed by atoms with Crippen LogP contribution in [0.25, 0.3) is 5.69 Å². The van der Waals surface area contributed by atoms with Gasteiger partial charge in [0, 0.05) is 11.9 Å². The molecule has 0 fully saturated rings. The van der Waals surface area contributed by atoms with Crippen molar-refractivity contribution < 1.29 is 4.79 Å². The number of benzene rings is 2. The van der Waals surface area contributed by atoms with E-state index in [1.165, 1.54) is 6.33 Å². The highest BCUT2D eigenvalue weighted by molar-refractivity contribution is 6.12. The molecule has 2 heterocycles. The Labute approximate surface area is 132 Å². The summed E-state index contributed by atoms with van der Waals surface area (Å²) in [6.45, 7) is 0. The lowest BCUT2D eigenvalue weighted by molar-refractivity contribution is -0.115. The summed E-state index contributed by atoms with van der Waals surface area (Å²) in [5, 5.41) is 6.94. The van der Waals surface area contributed by atoms with Crippen LogP contribution < -0.4 is 5.32 Å². The van der Waals surface area contributed by atoms with E-state index < -0.39 is 0 Å². The Kier molecular flexibility index (Phi) is 3.20. The minimum absolute atomic E-state index is 0.0471. The zero-order valence-electron chi connectivity index (χ0n) is 12.1. The van der Waals surface area contributed by atoms with Crippen molar-refractivity contribution in [2.24, 2.45) is 4.99 Å². The summed E-state index contributed by atoms with van der Waals surface area (Å²) < 4.78 is 1.67. The average Bonchev–Trinajstić information content (AvgIpc) is 3.21. The second-order valence-corrected chi connectivity index (χ2v) is 5.19. The molecule has 3 aromatic rings. The smallest absolute Gasteiger partial charge is 0.237 e. The minimum Gasteiger partial charge on any atom is -0.325 e. The SMILES string of the molecule is O=C1Nc2ccccc2C1C=Nc1ccc(-n2cncn2)cc1. The molecule has 1 aliphatic heterocycles. The van der Waals surface area contributed by atoms with Crippen LogP contribution in [0.3, 0.4) is 0 Å². The lowest BCUT2D eigenvalue weighted by atomic mass is 10.0. The molecule has 0 spiro atoms. The third-order valence-electron chi connectivity index (χ3n) is 3.74. The van der Waals surface area contributed by atoms with E-state index in [0.29, 0.717) is 0 Å². The van der Waals surface area contributed by atoms with E-state index in [-0.39, 0.29) is 11.8 Å². The Hall–Kier alpha value is -3.28. The molecule has 2 aromatic carbocycles. The van der Waals surface area contributed by atoms with Gasteiger partial charge >= 0.3 is 0 Å². The summed E-state index contributed by atoms with van der Waals surface area (Å²) >= 11 is 0. The number of hydrogen-bond acceptors (Lipinski definition) is 4. The Morgan fingerprint density at radius 3 is 2.74 bits per heavy atom. The van der Waals surface area contributed by atoms with Crippen molar-refractivity contribution >= 4 is 23.5 Å². The topological polar surface area (TPSA) is 72.2 Å². The molecule has 4 rings (SSSR count). The maximum Gasteiger partial charge on any atom is 0.237 e. The number of hydrogen-bond donors (Lipinski definition) is 1. The zero-order chi connectivity index (χ0) is 15.6. The van der Waals surface area contributed by atoms with Gasteiger partial charge in [-0.1, -0.05) is 18.2 Å². The lowest BCUT2D eigenvalue weighted by Crippen LogP contribution is -2.12. The normalized spacial score (nSPS) is 16.5. The van der Waals surface area contributed by atoms with Crippen LogP contribution in [0.1, 0.15) is 11.5 Å². The van der Waals surface area contributed by atoms with Gasteiger partial charge in [0.05, 0.1) is 11.4 Å². The first-order valence-electron chi connectivity index (χ1n) is 7.20. The molecule has 1 aromatic heterocycles. The Morgan fingerprint density at radius 2 is 1.96 bits per heavy atom. The highest BCUT2D eigenvalue weighted by Crippen LogP contribution is 2.31. The quantitative estimate of drug-likeness (QED) is 0.756. The summed E-state index contributed by atoms with van der Waals surface area (Å²) in [7, 11) is 0. The van der Waals surface area contributed by atoms with Crippen molar-refractivity contribution in [3.05, 3.63) is 66.7 Å². The molecule has 6 heteroatoms. The van der Waals surface area contributed by atoms with Crippen molar-refractivity contribution in [2.75, 3.05) is 5.32 Å². The standard InChI is InChI=1S/C17H13N5O/c23-17-15(14-3-1-2-4-16(14)21-17)9-19-12-5-7-13(8-6-12)22-11-18-10-20-22/h1-11,15H,(H,21,23). The van der Waals surface area contributed by atoms with Gasteiger partial charge in [-0.3, -0.25) is 9.79 Å². The Balaban J connectivity index is 1.56. The van der Waals surface area contributed by atoms with Crippen molar-refractivity contribution in [1.29, 1.82) is 0 Å². The molecule has 1 amide bonds. The van der Waals surface area contributed by atoms with E-state index >= 15 is 0 Å². The fourth-order valence-corrected chi connectivity index (χ4v) is 2.58. The minimum atomic E-state index is -0.346. The molecule has 0 aliphatic carbocycles. The van der Waals surface area contributed by atoms with Gasteiger partial charge in [0.1, 0.15) is 18.6 Å². The monoisotopic (exact) mass is 303 g/mol. The third-order valence-corrected chi connectivity index (χ3v) is 3.74. The molecule has 1 unspecified atom stereocenters. The molecule has 0 radical (unpaired) electrons. The first kappa shape index (κ1) is 13.4. The number of carbonyl (C=O) groups excluding carboxylic acids is 1. The van der Waals surface area contributed by atoms with Crippen molar-refractivity contribution in [1.82, 2.24) is 14.8 Å². The van der Waals surface area contributed by atoms with Crippen molar-refractivity contribution in [3.8, 4) is 5.69 Å². The van der Waals surface area contributed by atoms with Crippen LogP contribution in [0.4, 0.5) is 11.4 Å². The number of carbonyl (C=O) groups is 1. The number of rotatable bonds is 3. The number of fused-ring (bicyclic) bond motifs is 1. The summed E-state index contributed by atoms with van der Waals surface area (Å²) in [5.74, 6) is -0.393. The van der Waals surface area contributed by atoms with Crippen molar-refractivity contribution in [2.45, 2.75) is 5.92 Å². The van der Waals surface area contributed by atoms with Gasteiger partial charge in [-0.15, -0.1) is 0 Å². The Bertz CT molecular complexity index is 868. The first-order valence-corrected chi connectivity index (χ1v) is 7.20. The molecule has 112 valence electrons. The Morgan fingerprint density at radius 1 is 1.13 bits per heavy atom. The van der Waals surface area contributed by atoms with E-state index in [1.807, 2.05) is 48.5 Å². The third kappa shape index (κ3) is 2.50. The number of nitrogens with zero attached hydrogens (tertiary/aromatic N) is 4. The van der Waals surface area contributed by atoms with E-state index in [1.54, 1.807) is 17.2 Å². The van der Waals surface area contributed by atoms with Gasteiger partial charge in [0.25, 0.3) is 0 Å². The predicted octanol–water partition coefficient (Wildman–Crippen LogP) is 2.71. The molecule has 0 saturated carbocycles. The van der Waals surface area contributed by atoms with E-state index in [2.05, 4.69) is 20.4 Å². The highest BCUT2D eigenvalue weighted by atomic mass is 16.2. The largest absolute Gasteiger partial charge is 0.325 e. The number of anilines is 1. The van der Waals surface area contributed by atoms with Gasteiger partial charge in [-0.25, -0.2) is 9.67 Å². The molecule has 0 saturated heterocycles. The van der Waals surface area contributed by atoms with Crippen LogP contribution in [-0.2, 0) is 4.79 Å². The van der Waals surface area contributed by atoms with Crippen LogP contribution in [0, 0.1) is 0 Å². The summed E-state index contributed by atoms with van der Waals surface area (Å²) in [5.41, 5.74) is 3.51. The number of aliphatic imine (C=N–C) groups is 1. The number of amides is 1. The van der Waals surface area contributed by atoms with Gasteiger partial charge in [0.15, 0.2) is 0 Å². The predicted molar refractivity (Wildman–Crippen MR) is 87.3 cm³/mol. The fraction of sp³-hybridized carbons (Fsp3) is 0.0588. The average molecular weight is 303 g/mol. The van der Waals surface area contributed by atoms with Gasteiger partial charge in [-0.05, 0) is 35.9 Å².